The molecule has 3 aromatic rings. The molecule has 33 heavy (non-hydrogen) atoms. The van der Waals surface area contributed by atoms with Gasteiger partial charge in [0.2, 0.25) is 11.1 Å². The number of fused-ring (bicyclic) bond motifs is 3. The topological polar surface area (TPSA) is 80.5 Å². The van der Waals surface area contributed by atoms with Gasteiger partial charge >= 0.3 is 6.18 Å². The molecule has 3 fully saturated rings. The van der Waals surface area contributed by atoms with Crippen LogP contribution in [0.2, 0.25) is 0 Å². The number of alkyl halides is 3. The molecular formula is C21H24F3N7OS. The van der Waals surface area contributed by atoms with E-state index in [2.05, 4.69) is 29.7 Å². The van der Waals surface area contributed by atoms with Crippen LogP contribution in [-0.2, 0) is 0 Å². The van der Waals surface area contributed by atoms with Gasteiger partial charge in [-0.2, -0.15) is 22.5 Å². The maximum atomic E-state index is 13.3. The highest BCUT2D eigenvalue weighted by Gasteiger charge is 2.64. The number of aryl methyl sites for hydroxylation is 1. The summed E-state index contributed by atoms with van der Waals surface area (Å²) in [5.74, 6) is 2.48. The predicted octanol–water partition coefficient (Wildman–Crippen LogP) is 3.94. The van der Waals surface area contributed by atoms with E-state index in [9.17, 15) is 13.2 Å². The summed E-state index contributed by atoms with van der Waals surface area (Å²) in [6.07, 6.45) is -0.0593. The fourth-order valence-electron chi connectivity index (χ4n) is 5.11. The Bertz CT molecular complexity index is 1160. The average molecular weight is 480 g/mol. The number of hydrogen-bond donors (Lipinski definition) is 1. The van der Waals surface area contributed by atoms with Gasteiger partial charge in [0.25, 0.3) is 0 Å². The van der Waals surface area contributed by atoms with Crippen LogP contribution in [-0.4, -0.2) is 55.9 Å². The number of anilines is 2. The molecule has 1 saturated heterocycles. The molecule has 8 nitrogen and oxygen atoms in total. The minimum absolute atomic E-state index is 0.108. The highest BCUT2D eigenvalue weighted by atomic mass is 32.1. The van der Waals surface area contributed by atoms with Crippen molar-refractivity contribution in [3.05, 3.63) is 24.2 Å². The smallest absolute Gasteiger partial charge is 0.397 e. The Morgan fingerprint density at radius 1 is 1.21 bits per heavy atom. The lowest BCUT2D eigenvalue weighted by Crippen LogP contribution is -2.48. The van der Waals surface area contributed by atoms with Crippen molar-refractivity contribution in [2.24, 2.45) is 17.3 Å². The summed E-state index contributed by atoms with van der Waals surface area (Å²) >= 11 is 1.44. The first-order valence-electron chi connectivity index (χ1n) is 11.2. The van der Waals surface area contributed by atoms with Gasteiger partial charge in [0.1, 0.15) is 17.8 Å². The summed E-state index contributed by atoms with van der Waals surface area (Å²) in [5.41, 5.74) is -1.30. The number of ether oxygens (including phenoxy) is 1. The van der Waals surface area contributed by atoms with Crippen LogP contribution in [0.4, 0.5) is 24.3 Å². The van der Waals surface area contributed by atoms with Crippen LogP contribution in [0.3, 0.4) is 0 Å². The SMILES string of the molecule is Cc1nsc(N2C[C@H]3CC[C@@H](C2)C3Nc2nc3c(OCC4(C(F)(F)F)CC4)cccn3n2)n1. The fourth-order valence-corrected chi connectivity index (χ4v) is 5.80. The minimum Gasteiger partial charge on any atom is -0.489 e. The molecule has 12 heteroatoms. The van der Waals surface area contributed by atoms with Crippen molar-refractivity contribution in [1.82, 2.24) is 24.0 Å². The van der Waals surface area contributed by atoms with Gasteiger partial charge in [0, 0.05) is 36.9 Å². The summed E-state index contributed by atoms with van der Waals surface area (Å²) in [4.78, 5) is 11.4. The summed E-state index contributed by atoms with van der Waals surface area (Å²) in [5, 5.41) is 8.99. The number of halogens is 3. The maximum absolute atomic E-state index is 13.3. The van der Waals surface area contributed by atoms with Gasteiger partial charge < -0.3 is 15.0 Å². The first-order valence-corrected chi connectivity index (χ1v) is 12.0. The van der Waals surface area contributed by atoms with Crippen LogP contribution < -0.4 is 15.0 Å². The van der Waals surface area contributed by atoms with E-state index in [1.54, 1.807) is 22.8 Å². The zero-order chi connectivity index (χ0) is 22.8. The van der Waals surface area contributed by atoms with E-state index < -0.39 is 11.6 Å². The molecule has 1 N–H and O–H groups in total. The Labute approximate surface area is 192 Å². The third-order valence-corrected chi connectivity index (χ3v) is 8.07. The Hall–Kier alpha value is -2.63. The number of piperidine rings is 1. The van der Waals surface area contributed by atoms with Crippen molar-refractivity contribution in [2.75, 3.05) is 29.9 Å². The molecule has 3 aromatic heterocycles. The molecule has 176 valence electrons. The second-order valence-corrected chi connectivity index (χ2v) is 10.2. The van der Waals surface area contributed by atoms with Gasteiger partial charge in [0.15, 0.2) is 11.4 Å². The monoisotopic (exact) mass is 479 g/mol. The maximum Gasteiger partial charge on any atom is 0.397 e. The fraction of sp³-hybridized carbons (Fsp3) is 0.619. The summed E-state index contributed by atoms with van der Waals surface area (Å²) in [6.45, 7) is 3.33. The van der Waals surface area contributed by atoms with E-state index in [-0.39, 0.29) is 25.5 Å². The van der Waals surface area contributed by atoms with E-state index in [1.165, 1.54) is 11.5 Å². The first-order chi connectivity index (χ1) is 15.8. The molecule has 4 heterocycles. The van der Waals surface area contributed by atoms with Crippen LogP contribution in [0.15, 0.2) is 18.3 Å². The minimum atomic E-state index is -4.25. The molecule has 2 saturated carbocycles. The summed E-state index contributed by atoms with van der Waals surface area (Å²) in [6, 6.07) is 3.60. The largest absolute Gasteiger partial charge is 0.489 e. The molecule has 3 atom stereocenters. The highest BCUT2D eigenvalue weighted by Crippen LogP contribution is 2.57. The molecule has 1 aliphatic heterocycles. The van der Waals surface area contributed by atoms with Crippen molar-refractivity contribution < 1.29 is 17.9 Å². The lowest BCUT2D eigenvalue weighted by Gasteiger charge is -2.37. The number of hydrogen-bond acceptors (Lipinski definition) is 8. The van der Waals surface area contributed by atoms with Crippen LogP contribution in [0.1, 0.15) is 31.5 Å². The van der Waals surface area contributed by atoms with Gasteiger partial charge in [-0.1, -0.05) is 0 Å². The molecule has 6 rings (SSSR count). The lowest BCUT2D eigenvalue weighted by molar-refractivity contribution is -0.194. The molecule has 0 radical (unpaired) electrons. The molecule has 1 unspecified atom stereocenters. The molecule has 2 aliphatic carbocycles. The number of aromatic nitrogens is 5. The summed E-state index contributed by atoms with van der Waals surface area (Å²) < 4.78 is 51.3. The third kappa shape index (κ3) is 3.68. The zero-order valence-electron chi connectivity index (χ0n) is 18.0. The predicted molar refractivity (Wildman–Crippen MR) is 117 cm³/mol. The van der Waals surface area contributed by atoms with Crippen LogP contribution in [0, 0.1) is 24.2 Å². The Balaban J connectivity index is 1.17. The normalized spacial score (nSPS) is 26.1. The Kier molecular flexibility index (Phi) is 4.72. The lowest BCUT2D eigenvalue weighted by atomic mass is 9.92. The van der Waals surface area contributed by atoms with Gasteiger partial charge in [-0.25, -0.2) is 9.50 Å². The second-order valence-electron chi connectivity index (χ2n) is 9.44. The molecular weight excluding hydrogens is 455 g/mol. The van der Waals surface area contributed by atoms with Gasteiger partial charge in [-0.15, -0.1) is 5.10 Å². The first kappa shape index (κ1) is 20.9. The third-order valence-electron chi connectivity index (χ3n) is 7.20. The highest BCUT2D eigenvalue weighted by molar-refractivity contribution is 7.09. The summed E-state index contributed by atoms with van der Waals surface area (Å²) in [7, 11) is 0. The van der Waals surface area contributed by atoms with Crippen molar-refractivity contribution >= 4 is 28.3 Å². The standard InChI is InChI=1S/C21H24F3N7OS/c1-12-25-19(33-29-12)30-9-13-4-5-14(10-30)16(13)26-18-27-17-15(3-2-8-31(17)28-18)32-11-20(6-7-20)21(22,23)24/h2-3,8,13-14,16H,4-7,9-11H2,1H3,(H,26,28)/t13-,14+,16?. The van der Waals surface area contributed by atoms with Crippen LogP contribution in [0.25, 0.3) is 5.65 Å². The molecule has 0 amide bonds. The number of pyridine rings is 1. The Morgan fingerprint density at radius 2 is 1.97 bits per heavy atom. The molecule has 2 bridgehead atoms. The van der Waals surface area contributed by atoms with Crippen LogP contribution >= 0.6 is 11.5 Å². The number of nitrogens with zero attached hydrogens (tertiary/aromatic N) is 6. The molecule has 3 aliphatic rings. The molecule has 0 aromatic carbocycles. The number of rotatable bonds is 6. The van der Waals surface area contributed by atoms with Crippen molar-refractivity contribution in [2.45, 2.75) is 44.8 Å². The van der Waals surface area contributed by atoms with Crippen LogP contribution in [0.5, 0.6) is 5.75 Å². The van der Waals surface area contributed by atoms with E-state index in [0.29, 0.717) is 29.2 Å². The van der Waals surface area contributed by atoms with Gasteiger partial charge in [0.05, 0.1) is 0 Å². The number of nitrogens with one attached hydrogen (secondary N) is 1. The average Bonchev–Trinajstić information content (AvgIpc) is 3.20. The van der Waals surface area contributed by atoms with E-state index in [0.717, 1.165) is 36.9 Å². The zero-order valence-corrected chi connectivity index (χ0v) is 18.9. The van der Waals surface area contributed by atoms with E-state index in [4.69, 9.17) is 4.74 Å². The van der Waals surface area contributed by atoms with E-state index >= 15 is 0 Å². The van der Waals surface area contributed by atoms with Crippen molar-refractivity contribution in [3.63, 3.8) is 0 Å². The molecule has 0 spiro atoms. The quantitative estimate of drug-likeness (QED) is 0.574. The van der Waals surface area contributed by atoms with Crippen molar-refractivity contribution in [3.8, 4) is 5.75 Å². The van der Waals surface area contributed by atoms with Gasteiger partial charge in [-0.3, -0.25) is 0 Å². The Morgan fingerprint density at radius 3 is 2.61 bits per heavy atom. The van der Waals surface area contributed by atoms with Crippen molar-refractivity contribution in [1.29, 1.82) is 0 Å². The van der Waals surface area contributed by atoms with E-state index in [1.807, 2.05) is 6.92 Å². The van der Waals surface area contributed by atoms with Gasteiger partial charge in [-0.05, 0) is 56.6 Å². The second kappa shape index (κ2) is 7.44.